The standard InChI is InChI=1S/C19H17N3O2S/c1-22-11-13(12-6-2-4-8-15(12)22)16(23)10-20-18(24)19-21-14-7-3-5-9-17(14)25-19/h2-9,11,16,23H,10H2,1H3,(H,20,24)/t16-/m0/s1. The monoisotopic (exact) mass is 351 g/mol. The third kappa shape index (κ3) is 2.90. The van der Waals surface area contributed by atoms with Crippen LogP contribution in [-0.2, 0) is 7.05 Å². The molecule has 0 aliphatic carbocycles. The van der Waals surface area contributed by atoms with Gasteiger partial charge in [-0.15, -0.1) is 11.3 Å². The summed E-state index contributed by atoms with van der Waals surface area (Å²) in [5.41, 5.74) is 2.67. The highest BCUT2D eigenvalue weighted by Gasteiger charge is 2.17. The Hall–Kier alpha value is -2.70. The number of benzene rings is 2. The van der Waals surface area contributed by atoms with Crippen LogP contribution in [0.25, 0.3) is 21.1 Å². The van der Waals surface area contributed by atoms with Gasteiger partial charge in [-0.1, -0.05) is 30.3 Å². The minimum absolute atomic E-state index is 0.142. The molecule has 2 N–H and O–H groups in total. The summed E-state index contributed by atoms with van der Waals surface area (Å²) in [6, 6.07) is 15.5. The molecule has 2 aromatic carbocycles. The van der Waals surface area contributed by atoms with E-state index < -0.39 is 6.10 Å². The van der Waals surface area contributed by atoms with Crippen LogP contribution in [-0.4, -0.2) is 27.1 Å². The number of amides is 1. The molecule has 0 spiro atoms. The number of aryl methyl sites for hydroxylation is 1. The predicted octanol–water partition coefficient (Wildman–Crippen LogP) is 3.25. The minimum Gasteiger partial charge on any atom is -0.386 e. The maximum absolute atomic E-state index is 12.3. The number of carbonyl (C=O) groups excluding carboxylic acids is 1. The Bertz CT molecular complexity index is 1030. The molecule has 4 aromatic rings. The number of aliphatic hydroxyl groups excluding tert-OH is 1. The molecular formula is C19H17N3O2S. The van der Waals surface area contributed by atoms with Crippen molar-refractivity contribution in [3.05, 3.63) is 65.3 Å². The van der Waals surface area contributed by atoms with Gasteiger partial charge in [0.25, 0.3) is 5.91 Å². The van der Waals surface area contributed by atoms with Crippen LogP contribution in [0.3, 0.4) is 0 Å². The fourth-order valence-corrected chi connectivity index (χ4v) is 3.86. The third-order valence-corrected chi connectivity index (χ3v) is 5.27. The number of para-hydroxylation sites is 2. The van der Waals surface area contributed by atoms with Crippen LogP contribution in [0.1, 0.15) is 21.5 Å². The summed E-state index contributed by atoms with van der Waals surface area (Å²) in [7, 11) is 1.94. The molecule has 25 heavy (non-hydrogen) atoms. The number of fused-ring (bicyclic) bond motifs is 2. The van der Waals surface area contributed by atoms with Crippen molar-refractivity contribution in [3.8, 4) is 0 Å². The third-order valence-electron chi connectivity index (χ3n) is 4.23. The van der Waals surface area contributed by atoms with E-state index >= 15 is 0 Å². The molecule has 0 aliphatic heterocycles. The highest BCUT2D eigenvalue weighted by atomic mass is 32.1. The zero-order chi connectivity index (χ0) is 17.4. The van der Waals surface area contributed by atoms with E-state index in [4.69, 9.17) is 0 Å². The molecule has 2 aromatic heterocycles. The van der Waals surface area contributed by atoms with Gasteiger partial charge in [0.05, 0.1) is 16.3 Å². The van der Waals surface area contributed by atoms with Crippen LogP contribution < -0.4 is 5.32 Å². The maximum atomic E-state index is 12.3. The van der Waals surface area contributed by atoms with E-state index in [0.717, 1.165) is 26.7 Å². The second kappa shape index (κ2) is 6.31. The number of nitrogens with zero attached hydrogens (tertiary/aromatic N) is 2. The molecule has 0 bridgehead atoms. The Morgan fingerprint density at radius 2 is 2.00 bits per heavy atom. The van der Waals surface area contributed by atoms with Crippen LogP contribution in [0, 0.1) is 0 Å². The first-order chi connectivity index (χ1) is 12.1. The zero-order valence-electron chi connectivity index (χ0n) is 13.6. The predicted molar refractivity (Wildman–Crippen MR) is 99.8 cm³/mol. The number of rotatable bonds is 4. The molecule has 6 heteroatoms. The van der Waals surface area contributed by atoms with Gasteiger partial charge in [-0.25, -0.2) is 4.98 Å². The van der Waals surface area contributed by atoms with Crippen LogP contribution in [0.5, 0.6) is 0 Å². The van der Waals surface area contributed by atoms with E-state index in [1.807, 2.05) is 66.3 Å². The van der Waals surface area contributed by atoms with Gasteiger partial charge < -0.3 is 15.0 Å². The van der Waals surface area contributed by atoms with E-state index in [9.17, 15) is 9.90 Å². The van der Waals surface area contributed by atoms with Gasteiger partial charge in [-0.05, 0) is 18.2 Å². The van der Waals surface area contributed by atoms with E-state index in [2.05, 4.69) is 10.3 Å². The Kier molecular flexibility index (Phi) is 3.99. The SMILES string of the molecule is Cn1cc([C@@H](O)CNC(=O)c2nc3ccccc3s2)c2ccccc21. The molecule has 0 radical (unpaired) electrons. The van der Waals surface area contributed by atoms with Gasteiger partial charge in [-0.3, -0.25) is 4.79 Å². The average Bonchev–Trinajstić information content (AvgIpc) is 3.21. The summed E-state index contributed by atoms with van der Waals surface area (Å²) in [4.78, 5) is 16.7. The van der Waals surface area contributed by atoms with E-state index in [-0.39, 0.29) is 12.5 Å². The van der Waals surface area contributed by atoms with Crippen LogP contribution >= 0.6 is 11.3 Å². The lowest BCUT2D eigenvalue weighted by molar-refractivity contribution is 0.0917. The first kappa shape index (κ1) is 15.8. The topological polar surface area (TPSA) is 67.2 Å². The van der Waals surface area contributed by atoms with Gasteiger partial charge >= 0.3 is 0 Å². The molecule has 126 valence electrons. The fraction of sp³-hybridized carbons (Fsp3) is 0.158. The lowest BCUT2D eigenvalue weighted by atomic mass is 10.1. The van der Waals surface area contributed by atoms with Crippen molar-refractivity contribution in [1.29, 1.82) is 0 Å². The smallest absolute Gasteiger partial charge is 0.280 e. The number of hydrogen-bond donors (Lipinski definition) is 2. The fourth-order valence-electron chi connectivity index (χ4n) is 2.98. The molecule has 5 nitrogen and oxygen atoms in total. The van der Waals surface area contributed by atoms with Crippen molar-refractivity contribution in [2.45, 2.75) is 6.10 Å². The van der Waals surface area contributed by atoms with Crippen molar-refractivity contribution in [1.82, 2.24) is 14.9 Å². The first-order valence-corrected chi connectivity index (χ1v) is 8.81. The molecule has 4 rings (SSSR count). The number of hydrogen-bond acceptors (Lipinski definition) is 4. The summed E-state index contributed by atoms with van der Waals surface area (Å²) in [5.74, 6) is -0.263. The Morgan fingerprint density at radius 1 is 1.24 bits per heavy atom. The lowest BCUT2D eigenvalue weighted by Crippen LogP contribution is -2.28. The molecule has 2 heterocycles. The number of aliphatic hydroxyl groups is 1. The van der Waals surface area contributed by atoms with Gasteiger partial charge in [0.15, 0.2) is 5.01 Å². The zero-order valence-corrected chi connectivity index (χ0v) is 14.5. The Labute approximate surface area is 148 Å². The Balaban J connectivity index is 1.51. The Morgan fingerprint density at radius 3 is 2.84 bits per heavy atom. The second-order valence-corrected chi connectivity index (χ2v) is 6.96. The molecule has 1 atom stereocenters. The summed E-state index contributed by atoms with van der Waals surface area (Å²) in [6.07, 6.45) is 1.13. The number of aromatic nitrogens is 2. The summed E-state index contributed by atoms with van der Waals surface area (Å²) < 4.78 is 2.95. The quantitative estimate of drug-likeness (QED) is 0.593. The van der Waals surface area contributed by atoms with Crippen molar-refractivity contribution in [2.24, 2.45) is 7.05 Å². The summed E-state index contributed by atoms with van der Waals surface area (Å²) in [6.45, 7) is 0.142. The largest absolute Gasteiger partial charge is 0.386 e. The van der Waals surface area contributed by atoms with Crippen LogP contribution in [0.2, 0.25) is 0 Å². The number of carbonyl (C=O) groups is 1. The van der Waals surface area contributed by atoms with Crippen molar-refractivity contribution >= 4 is 38.4 Å². The highest BCUT2D eigenvalue weighted by molar-refractivity contribution is 7.20. The average molecular weight is 351 g/mol. The lowest BCUT2D eigenvalue weighted by Gasteiger charge is -2.10. The van der Waals surface area contributed by atoms with E-state index in [1.165, 1.54) is 11.3 Å². The summed E-state index contributed by atoms with van der Waals surface area (Å²) >= 11 is 1.35. The van der Waals surface area contributed by atoms with Crippen LogP contribution in [0.4, 0.5) is 0 Å². The minimum atomic E-state index is -0.774. The number of nitrogens with one attached hydrogen (secondary N) is 1. The normalized spacial score (nSPS) is 12.6. The number of thiazole rings is 1. The molecule has 1 amide bonds. The first-order valence-electron chi connectivity index (χ1n) is 7.99. The molecule has 0 aliphatic rings. The highest BCUT2D eigenvalue weighted by Crippen LogP contribution is 2.26. The van der Waals surface area contributed by atoms with Crippen molar-refractivity contribution in [3.63, 3.8) is 0 Å². The van der Waals surface area contributed by atoms with Crippen molar-refractivity contribution < 1.29 is 9.90 Å². The summed E-state index contributed by atoms with van der Waals surface area (Å²) in [5, 5.41) is 14.7. The van der Waals surface area contributed by atoms with Gasteiger partial charge in [0.2, 0.25) is 0 Å². The molecule has 0 saturated heterocycles. The molecule has 0 fully saturated rings. The second-order valence-electron chi connectivity index (χ2n) is 5.93. The maximum Gasteiger partial charge on any atom is 0.280 e. The molecule has 0 saturated carbocycles. The van der Waals surface area contributed by atoms with Gasteiger partial charge in [-0.2, -0.15) is 0 Å². The van der Waals surface area contributed by atoms with E-state index in [0.29, 0.717) is 5.01 Å². The van der Waals surface area contributed by atoms with Gasteiger partial charge in [0.1, 0.15) is 0 Å². The van der Waals surface area contributed by atoms with Crippen molar-refractivity contribution in [2.75, 3.05) is 6.54 Å². The molecular weight excluding hydrogens is 334 g/mol. The van der Waals surface area contributed by atoms with E-state index in [1.54, 1.807) is 0 Å². The van der Waals surface area contributed by atoms with Gasteiger partial charge in [0, 0.05) is 36.3 Å². The van der Waals surface area contributed by atoms with Crippen LogP contribution in [0.15, 0.2) is 54.7 Å². The molecule has 0 unspecified atom stereocenters.